The molecule has 4 N–H and O–H groups in total. The number of aromatic nitrogens is 5. The van der Waals surface area contributed by atoms with Gasteiger partial charge in [0.2, 0.25) is 0 Å². The van der Waals surface area contributed by atoms with Gasteiger partial charge >= 0.3 is 0 Å². The van der Waals surface area contributed by atoms with Crippen molar-refractivity contribution in [2.45, 2.75) is 74.9 Å². The normalized spacial score (nSPS) is 27.5. The molecule has 2 heterocycles. The van der Waals surface area contributed by atoms with Crippen molar-refractivity contribution in [3.05, 3.63) is 29.3 Å². The number of fused-ring (bicyclic) bond motifs is 1. The predicted molar refractivity (Wildman–Crippen MR) is 137 cm³/mol. The monoisotopic (exact) mass is 514 g/mol. The number of thioether (sulfide) groups is 1. The molecule has 3 aromatic rings. The van der Waals surface area contributed by atoms with Gasteiger partial charge in [0, 0.05) is 24.3 Å². The fraction of sp³-hybridized carbons (Fsp3) is 0.600. The van der Waals surface area contributed by atoms with E-state index in [1.165, 1.54) is 5.56 Å². The first-order valence-electron chi connectivity index (χ1n) is 12.6. The lowest BCUT2D eigenvalue weighted by Crippen LogP contribution is -2.30. The molecule has 2 aliphatic carbocycles. The largest absolute Gasteiger partial charge is 0.496 e. The molecule has 2 aromatic heterocycles. The molecule has 2 unspecified atom stereocenters. The van der Waals surface area contributed by atoms with Gasteiger partial charge in [-0.1, -0.05) is 36.0 Å². The number of aliphatic hydroxyl groups is 3. The lowest BCUT2D eigenvalue weighted by molar-refractivity contribution is 0.00107. The van der Waals surface area contributed by atoms with E-state index in [0.717, 1.165) is 29.9 Å². The summed E-state index contributed by atoms with van der Waals surface area (Å²) in [6.45, 7) is 4.11. The molecule has 0 spiro atoms. The third kappa shape index (κ3) is 4.77. The van der Waals surface area contributed by atoms with Gasteiger partial charge in [0.15, 0.2) is 22.1 Å². The average molecular weight is 515 g/mol. The summed E-state index contributed by atoms with van der Waals surface area (Å²) in [6.07, 6.45) is 0.948. The predicted octanol–water partition coefficient (Wildman–Crippen LogP) is 2.67. The minimum absolute atomic E-state index is 0.0390. The zero-order valence-electron chi connectivity index (χ0n) is 20.8. The average Bonchev–Trinajstić information content (AvgIpc) is 3.42. The molecular weight excluding hydrogens is 480 g/mol. The lowest BCUT2D eigenvalue weighted by Gasteiger charge is -2.17. The maximum Gasteiger partial charge on any atom is 0.191 e. The number of hydrogen-bond acceptors (Lipinski definition) is 10. The number of nitrogens with one attached hydrogen (secondary N) is 1. The van der Waals surface area contributed by atoms with Gasteiger partial charge in [0.05, 0.1) is 19.3 Å². The first-order valence-corrected chi connectivity index (χ1v) is 13.6. The molecule has 0 bridgehead atoms. The van der Waals surface area contributed by atoms with Crippen LogP contribution in [0.4, 0.5) is 5.82 Å². The molecule has 194 valence electrons. The van der Waals surface area contributed by atoms with Crippen molar-refractivity contribution in [2.75, 3.05) is 24.8 Å². The molecule has 5 rings (SSSR count). The van der Waals surface area contributed by atoms with E-state index >= 15 is 0 Å². The summed E-state index contributed by atoms with van der Waals surface area (Å²) in [5.74, 6) is 2.54. The molecule has 11 heteroatoms. The van der Waals surface area contributed by atoms with Gasteiger partial charge in [-0.2, -0.15) is 0 Å². The van der Waals surface area contributed by atoms with Crippen molar-refractivity contribution in [1.29, 1.82) is 0 Å². The number of aryl methyl sites for hydroxylation is 1. The molecular formula is C25H34N6O4S. The summed E-state index contributed by atoms with van der Waals surface area (Å²) < 4.78 is 7.13. The Hall–Kier alpha value is -2.47. The Morgan fingerprint density at radius 3 is 2.78 bits per heavy atom. The minimum Gasteiger partial charge on any atom is -0.496 e. The highest BCUT2D eigenvalue weighted by molar-refractivity contribution is 7.99. The standard InChI is InChI=1S/C25H34N6O4S/c1-4-9-36-25-27-23(26-17-12-16(17)14-6-5-13(2)19(11-14)35-3)20-24(28-25)31(30-29-20)18-10-15(7-8-32)21(33)22(18)34/h5-6,11,15-18,21-22,32-34H,4,7-10,12H2,1-3H3,(H,26,27,28)/t15-,16?,17?,18+,21+,22-/m1/s1. The molecule has 1 aromatic carbocycles. The van der Waals surface area contributed by atoms with Gasteiger partial charge in [-0.3, -0.25) is 0 Å². The topological polar surface area (TPSA) is 138 Å². The Morgan fingerprint density at radius 2 is 2.03 bits per heavy atom. The third-order valence-corrected chi connectivity index (χ3v) is 8.35. The van der Waals surface area contributed by atoms with Crippen molar-refractivity contribution < 1.29 is 20.1 Å². The molecule has 36 heavy (non-hydrogen) atoms. The number of ether oxygens (including phenoxy) is 1. The number of anilines is 1. The molecule has 2 aliphatic rings. The van der Waals surface area contributed by atoms with Crippen LogP contribution in [0.5, 0.6) is 5.75 Å². The summed E-state index contributed by atoms with van der Waals surface area (Å²) in [6, 6.07) is 6.07. The van der Waals surface area contributed by atoms with Crippen LogP contribution in [0.2, 0.25) is 0 Å². The second kappa shape index (κ2) is 10.5. The zero-order valence-corrected chi connectivity index (χ0v) is 21.6. The Balaban J connectivity index is 1.43. The molecule has 0 amide bonds. The molecule has 6 atom stereocenters. The van der Waals surface area contributed by atoms with Crippen molar-refractivity contribution in [1.82, 2.24) is 25.0 Å². The van der Waals surface area contributed by atoms with Gasteiger partial charge in [-0.25, -0.2) is 14.6 Å². The van der Waals surface area contributed by atoms with Crippen LogP contribution in [0.25, 0.3) is 11.2 Å². The van der Waals surface area contributed by atoms with Crippen LogP contribution in [0.1, 0.15) is 55.7 Å². The molecule has 2 saturated carbocycles. The number of hydrogen-bond donors (Lipinski definition) is 4. The molecule has 10 nitrogen and oxygen atoms in total. The highest BCUT2D eigenvalue weighted by atomic mass is 32.2. The van der Waals surface area contributed by atoms with Crippen LogP contribution < -0.4 is 10.1 Å². The number of nitrogens with zero attached hydrogens (tertiary/aromatic N) is 5. The highest BCUT2D eigenvalue weighted by Crippen LogP contribution is 2.45. The third-order valence-electron chi connectivity index (χ3n) is 7.30. The number of rotatable bonds is 10. The maximum atomic E-state index is 10.7. The molecule has 0 saturated heterocycles. The molecule has 0 radical (unpaired) electrons. The van der Waals surface area contributed by atoms with Gasteiger partial charge < -0.3 is 25.4 Å². The Labute approximate surface area is 214 Å². The summed E-state index contributed by atoms with van der Waals surface area (Å²) >= 11 is 1.57. The quantitative estimate of drug-likeness (QED) is 0.236. The van der Waals surface area contributed by atoms with Crippen LogP contribution in [0, 0.1) is 12.8 Å². The summed E-state index contributed by atoms with van der Waals surface area (Å²) in [7, 11) is 1.69. The smallest absolute Gasteiger partial charge is 0.191 e. The minimum atomic E-state index is -1.01. The van der Waals surface area contributed by atoms with Crippen molar-refractivity contribution >= 4 is 28.7 Å². The second-order valence-electron chi connectivity index (χ2n) is 9.79. The van der Waals surface area contributed by atoms with E-state index in [2.05, 4.69) is 40.8 Å². The Morgan fingerprint density at radius 1 is 1.19 bits per heavy atom. The van der Waals surface area contributed by atoms with Gasteiger partial charge in [0.25, 0.3) is 0 Å². The van der Waals surface area contributed by atoms with E-state index in [1.54, 1.807) is 23.6 Å². The van der Waals surface area contributed by atoms with Crippen LogP contribution in [0.15, 0.2) is 23.4 Å². The summed E-state index contributed by atoms with van der Waals surface area (Å²) in [5, 5.41) is 43.5. The van der Waals surface area contributed by atoms with Crippen LogP contribution >= 0.6 is 11.8 Å². The lowest BCUT2D eigenvalue weighted by atomic mass is 10.0. The first kappa shape index (κ1) is 25.2. The Bertz CT molecular complexity index is 1220. The van der Waals surface area contributed by atoms with E-state index in [-0.39, 0.29) is 18.6 Å². The Kier molecular flexibility index (Phi) is 7.34. The van der Waals surface area contributed by atoms with E-state index < -0.39 is 18.2 Å². The van der Waals surface area contributed by atoms with Crippen LogP contribution in [-0.4, -0.2) is 78.0 Å². The van der Waals surface area contributed by atoms with E-state index in [1.807, 2.05) is 6.92 Å². The van der Waals surface area contributed by atoms with Gasteiger partial charge in [-0.15, -0.1) is 5.10 Å². The fourth-order valence-corrected chi connectivity index (χ4v) is 5.85. The number of methoxy groups -OCH3 is 1. The van der Waals surface area contributed by atoms with Gasteiger partial charge in [0.1, 0.15) is 11.9 Å². The highest BCUT2D eigenvalue weighted by Gasteiger charge is 2.44. The maximum absolute atomic E-state index is 10.7. The second-order valence-corrected chi connectivity index (χ2v) is 10.9. The van der Waals surface area contributed by atoms with Crippen molar-refractivity contribution in [3.63, 3.8) is 0 Å². The first-order chi connectivity index (χ1) is 17.4. The zero-order chi connectivity index (χ0) is 25.4. The summed E-state index contributed by atoms with van der Waals surface area (Å²) in [5.41, 5.74) is 3.43. The molecule has 2 fully saturated rings. The van der Waals surface area contributed by atoms with E-state index in [4.69, 9.17) is 14.7 Å². The number of aliphatic hydroxyl groups excluding tert-OH is 3. The van der Waals surface area contributed by atoms with Crippen LogP contribution in [0.3, 0.4) is 0 Å². The van der Waals surface area contributed by atoms with Crippen LogP contribution in [-0.2, 0) is 0 Å². The van der Waals surface area contributed by atoms with Crippen molar-refractivity contribution in [3.8, 4) is 5.75 Å². The summed E-state index contributed by atoms with van der Waals surface area (Å²) in [4.78, 5) is 9.50. The van der Waals surface area contributed by atoms with E-state index in [0.29, 0.717) is 40.9 Å². The fourth-order valence-electron chi connectivity index (χ4n) is 5.15. The van der Waals surface area contributed by atoms with E-state index in [9.17, 15) is 15.3 Å². The SMILES string of the molecule is CCCSc1nc(NC2CC2c2ccc(C)c(OC)c2)c2nnn([C@H]3C[C@@H](CCO)[C@H](O)[C@@H]3O)c2n1. The van der Waals surface area contributed by atoms with Crippen molar-refractivity contribution in [2.24, 2.45) is 5.92 Å². The number of benzene rings is 1. The molecule has 0 aliphatic heterocycles. The van der Waals surface area contributed by atoms with Gasteiger partial charge in [-0.05, 0) is 55.7 Å².